The molecule has 6 heteroatoms. The number of carbonyl (C=O) groups is 3. The van der Waals surface area contributed by atoms with Crippen LogP contribution in [0.25, 0.3) is 0 Å². The number of benzene rings is 1. The molecule has 0 spiro atoms. The summed E-state index contributed by atoms with van der Waals surface area (Å²) in [5.41, 5.74) is -2.08. The number of cyclic esters (lactones) is 2. The first kappa shape index (κ1) is 17.5. The maximum Gasteiger partial charge on any atom is 0.329 e. The predicted octanol–water partition coefficient (Wildman–Crippen LogP) is 2.21. The molecule has 1 saturated heterocycles. The fourth-order valence-corrected chi connectivity index (χ4v) is 4.10. The summed E-state index contributed by atoms with van der Waals surface area (Å²) in [6.45, 7) is 5.69. The fourth-order valence-electron chi connectivity index (χ4n) is 4.10. The molecule has 1 saturated carbocycles. The highest BCUT2D eigenvalue weighted by Crippen LogP contribution is 2.66. The third kappa shape index (κ3) is 2.19. The van der Waals surface area contributed by atoms with Crippen LogP contribution in [0.15, 0.2) is 24.3 Å². The first-order chi connectivity index (χ1) is 11.7. The van der Waals surface area contributed by atoms with Crippen molar-refractivity contribution in [3.05, 3.63) is 29.8 Å². The number of carbonyl (C=O) groups excluding carboxylic acids is 3. The van der Waals surface area contributed by atoms with Gasteiger partial charge in [-0.05, 0) is 37.5 Å². The lowest BCUT2D eigenvalue weighted by atomic mass is 9.57. The van der Waals surface area contributed by atoms with Gasteiger partial charge in [-0.2, -0.15) is 0 Å². The summed E-state index contributed by atoms with van der Waals surface area (Å²) in [6.07, 6.45) is 0.774. The number of ether oxygens (including phenoxy) is 2. The largest absolute Gasteiger partial charge is 0.497 e. The molecule has 25 heavy (non-hydrogen) atoms. The molecule has 0 aromatic heterocycles. The van der Waals surface area contributed by atoms with Crippen molar-refractivity contribution in [3.8, 4) is 5.75 Å². The molecular formula is C19H23NO5. The van der Waals surface area contributed by atoms with E-state index in [1.165, 1.54) is 0 Å². The minimum Gasteiger partial charge on any atom is -0.497 e. The van der Waals surface area contributed by atoms with Crippen LogP contribution in [0.2, 0.25) is 0 Å². The Morgan fingerprint density at radius 2 is 1.76 bits per heavy atom. The van der Waals surface area contributed by atoms with E-state index in [1.54, 1.807) is 14.0 Å². The molecule has 6 nitrogen and oxygen atoms in total. The molecule has 1 aliphatic carbocycles. The Kier molecular flexibility index (Phi) is 3.89. The monoisotopic (exact) mass is 345 g/mol. The van der Waals surface area contributed by atoms with Gasteiger partial charge in [0.2, 0.25) is 5.91 Å². The standard InChI is InChI=1S/C19H23NO5/c1-17(2)18(3)9-10-19(17,16(23)25-15(18)22)14(21)20-11-12-5-7-13(24-4)8-6-12/h5-8H,9-11H2,1-4H3,(H,20,21). The molecule has 1 heterocycles. The van der Waals surface area contributed by atoms with Crippen LogP contribution in [-0.2, 0) is 25.7 Å². The molecular weight excluding hydrogens is 322 g/mol. The summed E-state index contributed by atoms with van der Waals surface area (Å²) in [7, 11) is 1.59. The summed E-state index contributed by atoms with van der Waals surface area (Å²) < 4.78 is 10.1. The van der Waals surface area contributed by atoms with Gasteiger partial charge in [0.05, 0.1) is 12.5 Å². The van der Waals surface area contributed by atoms with Gasteiger partial charge >= 0.3 is 11.9 Å². The number of hydrogen-bond acceptors (Lipinski definition) is 5. The summed E-state index contributed by atoms with van der Waals surface area (Å²) in [5.74, 6) is -0.909. The topological polar surface area (TPSA) is 81.7 Å². The smallest absolute Gasteiger partial charge is 0.329 e. The zero-order valence-corrected chi connectivity index (χ0v) is 15.0. The Hall–Kier alpha value is -2.37. The van der Waals surface area contributed by atoms with E-state index in [2.05, 4.69) is 5.32 Å². The molecule has 2 aliphatic rings. The Balaban J connectivity index is 1.83. The lowest BCUT2D eigenvalue weighted by Crippen LogP contribution is -2.62. The first-order valence-corrected chi connectivity index (χ1v) is 8.37. The van der Waals surface area contributed by atoms with E-state index in [9.17, 15) is 14.4 Å². The Labute approximate surface area is 146 Å². The Morgan fingerprint density at radius 1 is 1.12 bits per heavy atom. The van der Waals surface area contributed by atoms with Crippen LogP contribution < -0.4 is 10.1 Å². The Bertz CT molecular complexity index is 739. The molecule has 3 rings (SSSR count). The van der Waals surface area contributed by atoms with Crippen molar-refractivity contribution in [1.29, 1.82) is 0 Å². The molecule has 1 aromatic rings. The van der Waals surface area contributed by atoms with Crippen molar-refractivity contribution in [2.45, 2.75) is 40.2 Å². The van der Waals surface area contributed by atoms with Crippen molar-refractivity contribution in [1.82, 2.24) is 5.32 Å². The second-order valence-electron chi connectivity index (χ2n) is 7.57. The van der Waals surface area contributed by atoms with E-state index in [0.29, 0.717) is 19.4 Å². The minimum absolute atomic E-state index is 0.290. The molecule has 1 N–H and O–H groups in total. The summed E-state index contributed by atoms with van der Waals surface area (Å²) in [4.78, 5) is 37.8. The highest BCUT2D eigenvalue weighted by Gasteiger charge is 2.75. The van der Waals surface area contributed by atoms with E-state index < -0.39 is 28.2 Å². The predicted molar refractivity (Wildman–Crippen MR) is 89.5 cm³/mol. The number of nitrogens with one attached hydrogen (secondary N) is 1. The maximum absolute atomic E-state index is 13.0. The molecule has 1 amide bonds. The third-order valence-corrected chi connectivity index (χ3v) is 6.43. The van der Waals surface area contributed by atoms with Crippen LogP contribution in [-0.4, -0.2) is 25.0 Å². The molecule has 2 fully saturated rings. The normalized spacial score (nSPS) is 29.9. The number of hydrogen-bond donors (Lipinski definition) is 1. The summed E-state index contributed by atoms with van der Waals surface area (Å²) >= 11 is 0. The van der Waals surface area contributed by atoms with E-state index in [4.69, 9.17) is 9.47 Å². The van der Waals surface area contributed by atoms with Crippen LogP contribution in [0, 0.1) is 16.2 Å². The summed E-state index contributed by atoms with van der Waals surface area (Å²) in [6, 6.07) is 7.32. The quantitative estimate of drug-likeness (QED) is 0.668. The van der Waals surface area contributed by atoms with Gasteiger partial charge in [-0.3, -0.25) is 14.4 Å². The van der Waals surface area contributed by atoms with Crippen molar-refractivity contribution < 1.29 is 23.9 Å². The maximum atomic E-state index is 13.0. The van der Waals surface area contributed by atoms with Gasteiger partial charge in [0.25, 0.3) is 0 Å². The molecule has 1 aliphatic heterocycles. The molecule has 2 bridgehead atoms. The zero-order chi connectivity index (χ0) is 18.5. The highest BCUT2D eigenvalue weighted by atomic mass is 16.6. The Morgan fingerprint density at radius 3 is 2.36 bits per heavy atom. The fraction of sp³-hybridized carbons (Fsp3) is 0.526. The molecule has 2 unspecified atom stereocenters. The van der Waals surface area contributed by atoms with Crippen molar-refractivity contribution in [3.63, 3.8) is 0 Å². The number of esters is 2. The number of methoxy groups -OCH3 is 1. The van der Waals surface area contributed by atoms with Gasteiger partial charge in [0, 0.05) is 12.0 Å². The van der Waals surface area contributed by atoms with Gasteiger partial charge in [-0.25, -0.2) is 0 Å². The number of rotatable bonds is 4. The van der Waals surface area contributed by atoms with Crippen LogP contribution in [0.5, 0.6) is 5.75 Å². The molecule has 0 radical (unpaired) electrons. The van der Waals surface area contributed by atoms with E-state index >= 15 is 0 Å². The zero-order valence-electron chi connectivity index (χ0n) is 15.0. The molecule has 134 valence electrons. The second-order valence-corrected chi connectivity index (χ2v) is 7.57. The summed E-state index contributed by atoms with van der Waals surface area (Å²) in [5, 5.41) is 2.85. The van der Waals surface area contributed by atoms with Crippen LogP contribution in [0.4, 0.5) is 0 Å². The van der Waals surface area contributed by atoms with Gasteiger partial charge in [-0.15, -0.1) is 0 Å². The lowest BCUT2D eigenvalue weighted by Gasteiger charge is -2.48. The second kappa shape index (κ2) is 5.58. The van der Waals surface area contributed by atoms with E-state index in [-0.39, 0.29) is 5.91 Å². The van der Waals surface area contributed by atoms with Crippen molar-refractivity contribution in [2.24, 2.45) is 16.2 Å². The van der Waals surface area contributed by atoms with E-state index in [0.717, 1.165) is 11.3 Å². The van der Waals surface area contributed by atoms with Gasteiger partial charge in [0.15, 0.2) is 5.41 Å². The van der Waals surface area contributed by atoms with Gasteiger partial charge < -0.3 is 14.8 Å². The SMILES string of the molecule is COc1ccc(CNC(=O)C23CCC(C)(C(=O)OC2=O)C3(C)C)cc1. The van der Waals surface area contributed by atoms with Gasteiger partial charge in [-0.1, -0.05) is 26.0 Å². The van der Waals surface area contributed by atoms with Crippen molar-refractivity contribution in [2.75, 3.05) is 7.11 Å². The average Bonchev–Trinajstić information content (AvgIpc) is 2.74. The van der Waals surface area contributed by atoms with Crippen LogP contribution in [0.1, 0.15) is 39.2 Å². The highest BCUT2D eigenvalue weighted by molar-refractivity contribution is 6.11. The molecule has 1 aromatic carbocycles. The van der Waals surface area contributed by atoms with Crippen LogP contribution in [0.3, 0.4) is 0 Å². The van der Waals surface area contributed by atoms with Crippen LogP contribution >= 0.6 is 0 Å². The number of fused-ring (bicyclic) bond motifs is 2. The first-order valence-electron chi connectivity index (χ1n) is 8.37. The van der Waals surface area contributed by atoms with Gasteiger partial charge in [0.1, 0.15) is 5.75 Å². The average molecular weight is 345 g/mol. The van der Waals surface area contributed by atoms with E-state index in [1.807, 2.05) is 38.1 Å². The lowest BCUT2D eigenvalue weighted by molar-refractivity contribution is -0.196. The number of amides is 1. The minimum atomic E-state index is -1.33. The molecule has 2 atom stereocenters. The third-order valence-electron chi connectivity index (χ3n) is 6.43. The van der Waals surface area contributed by atoms with Crippen molar-refractivity contribution >= 4 is 17.8 Å².